The number of hydrogen-bond acceptors (Lipinski definition) is 7. The Balaban J connectivity index is 1.88. The molecule has 0 unspecified atom stereocenters. The van der Waals surface area contributed by atoms with Crippen LogP contribution in [-0.2, 0) is 9.16 Å². The molecule has 2 N–H and O–H groups in total. The minimum absolute atomic E-state index is 0.0308. The van der Waals surface area contributed by atoms with Gasteiger partial charge in [-0.05, 0) is 37.2 Å². The van der Waals surface area contributed by atoms with Crippen LogP contribution in [-0.4, -0.2) is 82.9 Å². The summed E-state index contributed by atoms with van der Waals surface area (Å²) < 4.78 is 14.2. The molecule has 4 atom stereocenters. The Labute approximate surface area is 184 Å². The highest BCUT2D eigenvalue weighted by Crippen LogP contribution is 2.43. The number of nitrogens with zero attached hydrogens (tertiary/aromatic N) is 5. The van der Waals surface area contributed by atoms with Gasteiger partial charge in [0.25, 0.3) is 0 Å². The van der Waals surface area contributed by atoms with E-state index < -0.39 is 32.2 Å². The second-order valence-corrected chi connectivity index (χ2v) is 15.0. The Morgan fingerprint density at radius 2 is 2.00 bits per heavy atom. The summed E-state index contributed by atoms with van der Waals surface area (Å²) in [5, 5.41) is 26.0. The fourth-order valence-electron chi connectivity index (χ4n) is 3.28. The van der Waals surface area contributed by atoms with Crippen molar-refractivity contribution in [2.24, 2.45) is 4.99 Å². The molecule has 0 spiro atoms. The molecule has 0 aliphatic carbocycles. The van der Waals surface area contributed by atoms with E-state index in [9.17, 15) is 10.2 Å². The van der Waals surface area contributed by atoms with E-state index in [2.05, 4.69) is 48.9 Å². The van der Waals surface area contributed by atoms with Gasteiger partial charge < -0.3 is 24.3 Å². The molecule has 1 aliphatic heterocycles. The smallest absolute Gasteiger partial charge is 0.192 e. The van der Waals surface area contributed by atoms with E-state index in [-0.39, 0.29) is 11.6 Å². The molecule has 10 heteroatoms. The van der Waals surface area contributed by atoms with Gasteiger partial charge in [0.05, 0.1) is 18.6 Å². The predicted octanol–water partition coefficient (Wildman–Crippen LogP) is 2.52. The maximum absolute atomic E-state index is 10.8. The standard InChI is InChI=1S/C21H35N5O4Si/c1-20(2,3)31(7,8)29-11-21(4)18(28)16(27)17(30-21)14-9-10-15-19(23-13-25(5)6)22-12-24-26(14)15/h9-10,12-13,16-18,27-28H,11H2,1-8H3/b23-13-/t16-,17-,18-,21+/m0/s1. The predicted molar refractivity (Wildman–Crippen MR) is 122 cm³/mol. The lowest BCUT2D eigenvalue weighted by atomic mass is 9.97. The topological polar surface area (TPSA) is 105 Å². The van der Waals surface area contributed by atoms with Gasteiger partial charge in [-0.2, -0.15) is 5.10 Å². The van der Waals surface area contributed by atoms with Gasteiger partial charge in [0.15, 0.2) is 14.1 Å². The molecule has 1 aliphatic rings. The Bertz CT molecular complexity index is 955. The molecule has 0 saturated carbocycles. The van der Waals surface area contributed by atoms with E-state index in [1.165, 1.54) is 6.33 Å². The number of rotatable bonds is 6. The van der Waals surface area contributed by atoms with E-state index in [4.69, 9.17) is 9.16 Å². The van der Waals surface area contributed by atoms with Crippen molar-refractivity contribution in [2.75, 3.05) is 20.7 Å². The van der Waals surface area contributed by atoms with Gasteiger partial charge in [-0.15, -0.1) is 0 Å². The number of hydrogen-bond donors (Lipinski definition) is 2. The van der Waals surface area contributed by atoms with Crippen LogP contribution in [0.1, 0.15) is 39.5 Å². The van der Waals surface area contributed by atoms with Crippen LogP contribution in [0.15, 0.2) is 23.5 Å². The van der Waals surface area contributed by atoms with E-state index >= 15 is 0 Å². The third-order valence-electron chi connectivity index (χ3n) is 6.34. The number of aliphatic hydroxyl groups is 2. The summed E-state index contributed by atoms with van der Waals surface area (Å²) in [6.45, 7) is 12.8. The van der Waals surface area contributed by atoms with Crippen molar-refractivity contribution in [1.82, 2.24) is 19.5 Å². The molecule has 172 valence electrons. The van der Waals surface area contributed by atoms with Crippen molar-refractivity contribution in [3.8, 4) is 0 Å². The molecule has 31 heavy (non-hydrogen) atoms. The molecule has 1 saturated heterocycles. The Morgan fingerprint density at radius 3 is 2.61 bits per heavy atom. The molecule has 2 aromatic heterocycles. The van der Waals surface area contributed by atoms with E-state index in [1.54, 1.807) is 17.8 Å². The fourth-order valence-corrected chi connectivity index (χ4v) is 4.36. The van der Waals surface area contributed by atoms with Crippen LogP contribution in [0.5, 0.6) is 0 Å². The van der Waals surface area contributed by atoms with Gasteiger partial charge in [-0.3, -0.25) is 0 Å². The van der Waals surface area contributed by atoms with Crippen molar-refractivity contribution in [1.29, 1.82) is 0 Å². The van der Waals surface area contributed by atoms with Gasteiger partial charge >= 0.3 is 0 Å². The molecule has 1 fully saturated rings. The maximum Gasteiger partial charge on any atom is 0.192 e. The van der Waals surface area contributed by atoms with Crippen molar-refractivity contribution in [2.45, 2.75) is 69.7 Å². The molecule has 0 aromatic carbocycles. The molecule has 0 bridgehead atoms. The summed E-state index contributed by atoms with van der Waals surface area (Å²) in [7, 11) is 1.71. The molecule has 2 aromatic rings. The first-order valence-corrected chi connectivity index (χ1v) is 13.4. The minimum Gasteiger partial charge on any atom is -0.414 e. The van der Waals surface area contributed by atoms with Crippen molar-refractivity contribution in [3.63, 3.8) is 0 Å². The van der Waals surface area contributed by atoms with Crippen molar-refractivity contribution < 1.29 is 19.4 Å². The van der Waals surface area contributed by atoms with Crippen LogP contribution in [0.2, 0.25) is 18.1 Å². The summed E-state index contributed by atoms with van der Waals surface area (Å²) in [5.41, 5.74) is 0.274. The molecule has 3 rings (SSSR count). The van der Waals surface area contributed by atoms with E-state index in [1.807, 2.05) is 31.1 Å². The van der Waals surface area contributed by atoms with Gasteiger partial charge in [0.2, 0.25) is 0 Å². The molecular weight excluding hydrogens is 414 g/mol. The minimum atomic E-state index is -2.05. The normalized spacial score (nSPS) is 27.5. The monoisotopic (exact) mass is 449 g/mol. The summed E-state index contributed by atoms with van der Waals surface area (Å²) >= 11 is 0. The zero-order valence-corrected chi connectivity index (χ0v) is 20.7. The lowest BCUT2D eigenvalue weighted by Crippen LogP contribution is -2.50. The number of aliphatic hydroxyl groups excluding tert-OH is 2. The molecule has 3 heterocycles. The van der Waals surface area contributed by atoms with Crippen LogP contribution in [0.4, 0.5) is 5.82 Å². The van der Waals surface area contributed by atoms with Crippen LogP contribution in [0.3, 0.4) is 0 Å². The molecule has 0 radical (unpaired) electrons. The first-order valence-electron chi connectivity index (χ1n) is 10.5. The second kappa shape index (κ2) is 8.25. The highest BCUT2D eigenvalue weighted by molar-refractivity contribution is 6.74. The van der Waals surface area contributed by atoms with Crippen LogP contribution < -0.4 is 0 Å². The van der Waals surface area contributed by atoms with E-state index in [0.717, 1.165) is 0 Å². The summed E-state index contributed by atoms with van der Waals surface area (Å²) in [6.07, 6.45) is 0.104. The fraction of sp³-hybridized carbons (Fsp3) is 0.667. The first-order chi connectivity index (χ1) is 14.3. The average Bonchev–Trinajstić information content (AvgIpc) is 3.19. The van der Waals surface area contributed by atoms with Crippen molar-refractivity contribution in [3.05, 3.63) is 24.2 Å². The zero-order valence-electron chi connectivity index (χ0n) is 19.7. The average molecular weight is 450 g/mol. The largest absolute Gasteiger partial charge is 0.414 e. The quantitative estimate of drug-likeness (QED) is 0.397. The Hall–Kier alpha value is -1.85. The molecule has 0 amide bonds. The third kappa shape index (κ3) is 4.53. The first kappa shape index (κ1) is 23.8. The number of aliphatic imine (C=N–C) groups is 1. The SMILES string of the molecule is CN(C)/C=N\c1ncnn2c([C@@H]3O[C@](C)(CO[Si](C)(C)C(C)(C)C)[C@@H](O)[C@H]3O)ccc12. The van der Waals surface area contributed by atoms with Gasteiger partial charge in [0, 0.05) is 14.1 Å². The third-order valence-corrected chi connectivity index (χ3v) is 10.8. The van der Waals surface area contributed by atoms with Gasteiger partial charge in [-0.1, -0.05) is 20.8 Å². The summed E-state index contributed by atoms with van der Waals surface area (Å²) in [6, 6.07) is 3.65. The highest BCUT2D eigenvalue weighted by atomic mass is 28.4. The second-order valence-electron chi connectivity index (χ2n) is 10.2. The van der Waals surface area contributed by atoms with Gasteiger partial charge in [-0.25, -0.2) is 14.5 Å². The lowest BCUT2D eigenvalue weighted by Gasteiger charge is -2.39. The van der Waals surface area contributed by atoms with E-state index in [0.29, 0.717) is 17.0 Å². The van der Waals surface area contributed by atoms with Crippen LogP contribution in [0, 0.1) is 0 Å². The van der Waals surface area contributed by atoms with Crippen LogP contribution >= 0.6 is 0 Å². The number of aromatic nitrogens is 3. The van der Waals surface area contributed by atoms with Crippen LogP contribution in [0.25, 0.3) is 5.52 Å². The van der Waals surface area contributed by atoms with Gasteiger partial charge in [0.1, 0.15) is 35.8 Å². The zero-order chi connectivity index (χ0) is 23.2. The summed E-state index contributed by atoms with van der Waals surface area (Å²) in [4.78, 5) is 10.4. The Morgan fingerprint density at radius 1 is 1.32 bits per heavy atom. The number of ether oxygens (including phenoxy) is 1. The molecular formula is C21H35N5O4Si. The highest BCUT2D eigenvalue weighted by Gasteiger charge is 2.53. The maximum atomic E-state index is 10.8. The summed E-state index contributed by atoms with van der Waals surface area (Å²) in [5.74, 6) is 0.506. The molecule has 9 nitrogen and oxygen atoms in total. The van der Waals surface area contributed by atoms with Crippen molar-refractivity contribution >= 4 is 26.0 Å². The lowest BCUT2D eigenvalue weighted by molar-refractivity contribution is -0.0972. The number of fused-ring (bicyclic) bond motifs is 1. The Kier molecular flexibility index (Phi) is 6.33.